The number of halogens is 1. The van der Waals surface area contributed by atoms with Gasteiger partial charge in [0.1, 0.15) is 5.70 Å². The molecule has 1 aromatic rings. The van der Waals surface area contributed by atoms with Crippen molar-refractivity contribution in [3.8, 4) is 0 Å². The number of rotatable bonds is 1. The van der Waals surface area contributed by atoms with Crippen molar-refractivity contribution in [3.63, 3.8) is 0 Å². The Labute approximate surface area is 94.8 Å². The van der Waals surface area contributed by atoms with E-state index in [0.717, 1.165) is 4.88 Å². The predicted molar refractivity (Wildman–Crippen MR) is 61.2 cm³/mol. The zero-order valence-corrected chi connectivity index (χ0v) is 9.22. The van der Waals surface area contributed by atoms with Crippen LogP contribution in [-0.2, 0) is 4.79 Å². The van der Waals surface area contributed by atoms with Crippen LogP contribution in [0.15, 0.2) is 17.8 Å². The summed E-state index contributed by atoms with van der Waals surface area (Å²) in [5.41, 5.74) is 0.452. The van der Waals surface area contributed by atoms with Gasteiger partial charge in [-0.2, -0.15) is 0 Å². The molecule has 1 aliphatic rings. The van der Waals surface area contributed by atoms with E-state index in [1.165, 1.54) is 11.3 Å². The average Bonchev–Trinajstić information content (AvgIpc) is 2.61. The third-order valence-corrected chi connectivity index (χ3v) is 2.98. The quantitative estimate of drug-likeness (QED) is 0.584. The Morgan fingerprint density at radius 1 is 1.43 bits per heavy atom. The van der Waals surface area contributed by atoms with Crippen molar-refractivity contribution in [2.75, 3.05) is 0 Å². The molecule has 1 aromatic heterocycles. The van der Waals surface area contributed by atoms with Crippen LogP contribution in [0.5, 0.6) is 0 Å². The number of hydrogen-bond acceptors (Lipinski definition) is 3. The average molecular weight is 245 g/mol. The molecular formula is C8H5ClN2OS2. The number of carbonyl (C=O) groups excluding carboxylic acids is 1. The molecule has 0 spiro atoms. The van der Waals surface area contributed by atoms with Crippen molar-refractivity contribution in [1.82, 2.24) is 10.6 Å². The summed E-state index contributed by atoms with van der Waals surface area (Å²) >= 11 is 11.9. The first-order chi connectivity index (χ1) is 6.65. The second kappa shape index (κ2) is 3.68. The topological polar surface area (TPSA) is 41.1 Å². The van der Waals surface area contributed by atoms with E-state index in [1.807, 2.05) is 6.07 Å². The highest BCUT2D eigenvalue weighted by molar-refractivity contribution is 7.80. The fourth-order valence-corrected chi connectivity index (χ4v) is 2.24. The van der Waals surface area contributed by atoms with Gasteiger partial charge in [-0.1, -0.05) is 11.6 Å². The highest BCUT2D eigenvalue weighted by atomic mass is 35.5. The first-order valence-electron chi connectivity index (χ1n) is 3.74. The Morgan fingerprint density at radius 2 is 2.21 bits per heavy atom. The van der Waals surface area contributed by atoms with Crippen LogP contribution < -0.4 is 10.6 Å². The Morgan fingerprint density at radius 3 is 2.71 bits per heavy atom. The minimum atomic E-state index is -0.209. The van der Waals surface area contributed by atoms with Gasteiger partial charge in [0.05, 0.1) is 4.34 Å². The molecule has 0 saturated carbocycles. The first kappa shape index (κ1) is 9.64. The Kier molecular flexibility index (Phi) is 2.54. The molecular weight excluding hydrogens is 240 g/mol. The molecule has 0 atom stereocenters. The van der Waals surface area contributed by atoms with Crippen LogP contribution in [0.2, 0.25) is 4.34 Å². The van der Waals surface area contributed by atoms with E-state index in [0.29, 0.717) is 15.1 Å². The molecule has 0 aromatic carbocycles. The molecule has 1 saturated heterocycles. The first-order valence-corrected chi connectivity index (χ1v) is 5.35. The van der Waals surface area contributed by atoms with Gasteiger partial charge in [-0.3, -0.25) is 10.1 Å². The third-order valence-electron chi connectivity index (χ3n) is 1.60. The van der Waals surface area contributed by atoms with Crippen LogP contribution in [-0.4, -0.2) is 11.0 Å². The summed E-state index contributed by atoms with van der Waals surface area (Å²) in [4.78, 5) is 12.2. The van der Waals surface area contributed by atoms with Crippen LogP contribution in [0.25, 0.3) is 6.08 Å². The lowest BCUT2D eigenvalue weighted by Gasteiger charge is -1.91. The summed E-state index contributed by atoms with van der Waals surface area (Å²) in [6.07, 6.45) is 1.71. The number of nitrogens with one attached hydrogen (secondary N) is 2. The fraction of sp³-hybridized carbons (Fsp3) is 0. The number of thiophene rings is 1. The molecule has 1 aliphatic heterocycles. The molecule has 14 heavy (non-hydrogen) atoms. The Bertz CT molecular complexity index is 438. The lowest BCUT2D eigenvalue weighted by atomic mass is 10.3. The van der Waals surface area contributed by atoms with Gasteiger partial charge in [-0.15, -0.1) is 11.3 Å². The van der Waals surface area contributed by atoms with Crippen LogP contribution >= 0.6 is 35.2 Å². The van der Waals surface area contributed by atoms with Gasteiger partial charge >= 0.3 is 0 Å². The molecule has 2 rings (SSSR count). The molecule has 2 heterocycles. The molecule has 72 valence electrons. The zero-order valence-electron chi connectivity index (χ0n) is 6.83. The number of hydrogen-bond donors (Lipinski definition) is 2. The van der Waals surface area contributed by atoms with Crippen LogP contribution in [0.3, 0.4) is 0 Å². The lowest BCUT2D eigenvalue weighted by Crippen LogP contribution is -2.21. The van der Waals surface area contributed by atoms with Crippen molar-refractivity contribution in [2.24, 2.45) is 0 Å². The minimum Gasteiger partial charge on any atom is -0.328 e. The standard InChI is InChI=1S/C8H5ClN2OS2/c9-6-2-1-4(14-6)3-5-7(12)11-8(13)10-5/h1-3H,(H2,10,11,12,13)/b5-3+. The summed E-state index contributed by atoms with van der Waals surface area (Å²) in [5.74, 6) is -0.209. The normalized spacial score (nSPS) is 18.5. The maximum atomic E-state index is 11.2. The summed E-state index contributed by atoms with van der Waals surface area (Å²) in [5, 5.41) is 5.57. The minimum absolute atomic E-state index is 0.209. The van der Waals surface area contributed by atoms with E-state index in [1.54, 1.807) is 12.1 Å². The fourth-order valence-electron chi connectivity index (χ4n) is 1.03. The smallest absolute Gasteiger partial charge is 0.273 e. The highest BCUT2D eigenvalue weighted by Crippen LogP contribution is 2.23. The molecule has 6 heteroatoms. The molecule has 0 aliphatic carbocycles. The molecule has 1 fully saturated rings. The van der Waals surface area contributed by atoms with Gasteiger partial charge in [0, 0.05) is 4.88 Å². The van der Waals surface area contributed by atoms with Gasteiger partial charge in [-0.25, -0.2) is 0 Å². The summed E-state index contributed by atoms with van der Waals surface area (Å²) in [6.45, 7) is 0. The van der Waals surface area contributed by atoms with Crippen LogP contribution in [0.4, 0.5) is 0 Å². The van der Waals surface area contributed by atoms with Gasteiger partial charge in [0.25, 0.3) is 5.91 Å². The van der Waals surface area contributed by atoms with Crippen molar-refractivity contribution >= 4 is 52.3 Å². The largest absolute Gasteiger partial charge is 0.328 e. The Hall–Kier alpha value is -0.910. The van der Waals surface area contributed by atoms with E-state index in [4.69, 9.17) is 23.8 Å². The van der Waals surface area contributed by atoms with E-state index >= 15 is 0 Å². The van der Waals surface area contributed by atoms with Gasteiger partial charge in [0.15, 0.2) is 5.11 Å². The second-order valence-electron chi connectivity index (χ2n) is 2.61. The van der Waals surface area contributed by atoms with Crippen molar-refractivity contribution in [3.05, 3.63) is 27.0 Å². The summed E-state index contributed by atoms with van der Waals surface area (Å²) < 4.78 is 0.692. The van der Waals surface area contributed by atoms with E-state index in [2.05, 4.69) is 10.6 Å². The SMILES string of the molecule is O=C1NC(=S)N/C1=C/c1ccc(Cl)s1. The molecule has 0 radical (unpaired) electrons. The number of thiocarbonyl (C=S) groups is 1. The monoisotopic (exact) mass is 244 g/mol. The van der Waals surface area contributed by atoms with E-state index in [9.17, 15) is 4.79 Å². The lowest BCUT2D eigenvalue weighted by molar-refractivity contribution is -0.115. The third kappa shape index (κ3) is 1.95. The van der Waals surface area contributed by atoms with Crippen molar-refractivity contribution in [2.45, 2.75) is 0 Å². The highest BCUT2D eigenvalue weighted by Gasteiger charge is 2.19. The molecule has 0 unspecified atom stereocenters. The van der Waals surface area contributed by atoms with Gasteiger partial charge < -0.3 is 5.32 Å². The van der Waals surface area contributed by atoms with Crippen molar-refractivity contribution in [1.29, 1.82) is 0 Å². The maximum Gasteiger partial charge on any atom is 0.273 e. The van der Waals surface area contributed by atoms with Crippen LogP contribution in [0, 0.1) is 0 Å². The van der Waals surface area contributed by atoms with Crippen molar-refractivity contribution < 1.29 is 4.79 Å². The maximum absolute atomic E-state index is 11.2. The molecule has 3 nitrogen and oxygen atoms in total. The van der Waals surface area contributed by atoms with Gasteiger partial charge in [-0.05, 0) is 30.4 Å². The zero-order chi connectivity index (χ0) is 10.1. The van der Waals surface area contributed by atoms with E-state index < -0.39 is 0 Å². The summed E-state index contributed by atoms with van der Waals surface area (Å²) in [6, 6.07) is 3.63. The Balaban J connectivity index is 2.27. The van der Waals surface area contributed by atoms with Gasteiger partial charge in [0.2, 0.25) is 0 Å². The van der Waals surface area contributed by atoms with Crippen LogP contribution in [0.1, 0.15) is 4.88 Å². The molecule has 0 bridgehead atoms. The van der Waals surface area contributed by atoms with E-state index in [-0.39, 0.29) is 5.91 Å². The second-order valence-corrected chi connectivity index (χ2v) is 4.76. The summed E-state index contributed by atoms with van der Waals surface area (Å²) in [7, 11) is 0. The number of amides is 1. The molecule has 2 N–H and O–H groups in total. The predicted octanol–water partition coefficient (Wildman–Crippen LogP) is 1.75. The number of carbonyl (C=O) groups is 1. The molecule has 1 amide bonds.